The Bertz CT molecular complexity index is 174. The van der Waals surface area contributed by atoms with Crippen LogP contribution in [0.3, 0.4) is 0 Å². The molecule has 0 N–H and O–H groups in total. The van der Waals surface area contributed by atoms with E-state index in [2.05, 4.69) is 0 Å². The van der Waals surface area contributed by atoms with Gasteiger partial charge in [-0.2, -0.15) is 0 Å². The summed E-state index contributed by atoms with van der Waals surface area (Å²) in [5.74, 6) is 0.324. The van der Waals surface area contributed by atoms with Gasteiger partial charge in [0.2, 0.25) is 0 Å². The number of rotatable bonds is 1. The van der Waals surface area contributed by atoms with E-state index in [0.717, 1.165) is 12.7 Å². The van der Waals surface area contributed by atoms with E-state index in [1.54, 1.807) is 0 Å². The van der Waals surface area contributed by atoms with E-state index in [4.69, 9.17) is 0 Å². The first kappa shape index (κ1) is 7.45. The van der Waals surface area contributed by atoms with E-state index >= 15 is 0 Å². The molecule has 0 bridgehead atoms. The van der Waals surface area contributed by atoms with Gasteiger partial charge in [0.15, 0.2) is 0 Å². The monoisotopic (exact) mass is 140 g/mol. The summed E-state index contributed by atoms with van der Waals surface area (Å²) in [6.45, 7) is 3.73. The van der Waals surface area contributed by atoms with E-state index in [1.807, 2.05) is 13.8 Å². The normalized spacial score (nSPS) is 40.2. The fourth-order valence-electron chi connectivity index (χ4n) is 1.55. The molecular formula is C8H12O2. The number of aldehydes is 1. The van der Waals surface area contributed by atoms with Crippen LogP contribution in [0.4, 0.5) is 0 Å². The van der Waals surface area contributed by atoms with Gasteiger partial charge in [-0.3, -0.25) is 4.79 Å². The topological polar surface area (TPSA) is 34.1 Å². The predicted molar refractivity (Wildman–Crippen MR) is 37.6 cm³/mol. The molecule has 2 nitrogen and oxygen atoms in total. The molecule has 0 radical (unpaired) electrons. The van der Waals surface area contributed by atoms with Gasteiger partial charge in [-0.05, 0) is 6.42 Å². The van der Waals surface area contributed by atoms with Gasteiger partial charge in [0.1, 0.15) is 12.1 Å². The fourth-order valence-corrected chi connectivity index (χ4v) is 1.55. The summed E-state index contributed by atoms with van der Waals surface area (Å²) in [7, 11) is 0. The van der Waals surface area contributed by atoms with Gasteiger partial charge in [-0.15, -0.1) is 0 Å². The summed E-state index contributed by atoms with van der Waals surface area (Å²) in [6.07, 6.45) is 2.08. The lowest BCUT2D eigenvalue weighted by Crippen LogP contribution is -2.12. The molecule has 0 aliphatic heterocycles. The molecule has 10 heavy (non-hydrogen) atoms. The number of carbonyl (C=O) groups excluding carboxylic acids is 2. The van der Waals surface area contributed by atoms with E-state index in [9.17, 15) is 9.59 Å². The Morgan fingerprint density at radius 3 is 2.50 bits per heavy atom. The molecule has 56 valence electrons. The largest absolute Gasteiger partial charge is 0.303 e. The molecule has 1 saturated carbocycles. The van der Waals surface area contributed by atoms with Crippen LogP contribution < -0.4 is 0 Å². The molecule has 1 rings (SSSR count). The Kier molecular flexibility index (Phi) is 1.63. The fraction of sp³-hybridized carbons (Fsp3) is 0.750. The van der Waals surface area contributed by atoms with E-state index < -0.39 is 0 Å². The second-order valence-electron chi connectivity index (χ2n) is 3.52. The number of Topliss-reactive ketones (excluding diaryl/α,β-unsaturated/α-hetero) is 1. The van der Waals surface area contributed by atoms with Gasteiger partial charge in [0.05, 0.1) is 0 Å². The summed E-state index contributed by atoms with van der Waals surface area (Å²) < 4.78 is 0. The molecule has 0 amide bonds. The zero-order chi connectivity index (χ0) is 7.78. The summed E-state index contributed by atoms with van der Waals surface area (Å²) in [6, 6.07) is 0. The zero-order valence-electron chi connectivity index (χ0n) is 6.39. The second kappa shape index (κ2) is 2.19. The Hall–Kier alpha value is -0.660. The van der Waals surface area contributed by atoms with Gasteiger partial charge in [-0.25, -0.2) is 0 Å². The summed E-state index contributed by atoms with van der Waals surface area (Å²) in [4.78, 5) is 21.5. The molecule has 1 fully saturated rings. The van der Waals surface area contributed by atoms with Crippen molar-refractivity contribution in [1.82, 2.24) is 0 Å². The van der Waals surface area contributed by atoms with Gasteiger partial charge in [-0.1, -0.05) is 13.8 Å². The predicted octanol–water partition coefficient (Wildman–Crippen LogP) is 1.19. The first-order chi connectivity index (χ1) is 4.57. The van der Waals surface area contributed by atoms with Crippen LogP contribution in [0.2, 0.25) is 0 Å². The minimum absolute atomic E-state index is 0.0928. The Balaban J connectivity index is 2.73. The highest BCUT2D eigenvalue weighted by Gasteiger charge is 2.38. The average molecular weight is 140 g/mol. The van der Waals surface area contributed by atoms with Crippen molar-refractivity contribution in [3.8, 4) is 0 Å². The SMILES string of the molecule is C[C@H]1C[C@@](C)(C=O)CC1=O. The molecule has 0 aromatic heterocycles. The lowest BCUT2D eigenvalue weighted by molar-refractivity contribution is -0.122. The lowest BCUT2D eigenvalue weighted by Gasteiger charge is -2.11. The van der Waals surface area contributed by atoms with Crippen LogP contribution in [-0.2, 0) is 9.59 Å². The van der Waals surface area contributed by atoms with Gasteiger partial charge >= 0.3 is 0 Å². The van der Waals surface area contributed by atoms with Crippen molar-refractivity contribution in [2.75, 3.05) is 0 Å². The van der Waals surface area contributed by atoms with Crippen molar-refractivity contribution in [2.24, 2.45) is 11.3 Å². The number of carbonyl (C=O) groups is 2. The Morgan fingerprint density at radius 1 is 1.70 bits per heavy atom. The maximum absolute atomic E-state index is 11.0. The molecule has 1 aliphatic rings. The van der Waals surface area contributed by atoms with Crippen LogP contribution in [0.25, 0.3) is 0 Å². The van der Waals surface area contributed by atoms with E-state index in [1.165, 1.54) is 0 Å². The van der Waals surface area contributed by atoms with Crippen molar-refractivity contribution < 1.29 is 9.59 Å². The van der Waals surface area contributed by atoms with Crippen LogP contribution in [-0.4, -0.2) is 12.1 Å². The summed E-state index contributed by atoms with van der Waals surface area (Å²) in [5.41, 5.74) is -0.351. The smallest absolute Gasteiger partial charge is 0.136 e. The molecule has 2 atom stereocenters. The number of ketones is 1. The molecule has 0 aromatic rings. The first-order valence-corrected chi connectivity index (χ1v) is 3.56. The standard InChI is InChI=1S/C8H12O2/c1-6-3-8(2,5-9)4-7(6)10/h5-6H,3-4H2,1-2H3/t6-,8+/m0/s1. The highest BCUT2D eigenvalue weighted by Crippen LogP contribution is 2.36. The van der Waals surface area contributed by atoms with Crippen LogP contribution in [0, 0.1) is 11.3 Å². The third-order valence-electron chi connectivity index (χ3n) is 2.18. The lowest BCUT2D eigenvalue weighted by atomic mass is 9.90. The first-order valence-electron chi connectivity index (χ1n) is 3.56. The molecule has 0 saturated heterocycles. The molecule has 0 aromatic carbocycles. The third kappa shape index (κ3) is 1.11. The third-order valence-corrected chi connectivity index (χ3v) is 2.18. The van der Waals surface area contributed by atoms with Gasteiger partial charge < -0.3 is 4.79 Å². The summed E-state index contributed by atoms with van der Waals surface area (Å²) >= 11 is 0. The van der Waals surface area contributed by atoms with E-state index in [-0.39, 0.29) is 17.1 Å². The summed E-state index contributed by atoms with van der Waals surface area (Å²) in [5, 5.41) is 0. The molecule has 0 unspecified atom stereocenters. The van der Waals surface area contributed by atoms with E-state index in [0.29, 0.717) is 6.42 Å². The number of hydrogen-bond acceptors (Lipinski definition) is 2. The maximum Gasteiger partial charge on any atom is 0.136 e. The van der Waals surface area contributed by atoms with Crippen molar-refractivity contribution in [2.45, 2.75) is 26.7 Å². The molecule has 0 spiro atoms. The molecule has 1 aliphatic carbocycles. The van der Waals surface area contributed by atoms with Gasteiger partial charge in [0, 0.05) is 17.8 Å². The minimum atomic E-state index is -0.351. The average Bonchev–Trinajstić information content (AvgIpc) is 2.10. The van der Waals surface area contributed by atoms with Crippen molar-refractivity contribution in [1.29, 1.82) is 0 Å². The molecular weight excluding hydrogens is 128 g/mol. The molecule has 2 heteroatoms. The second-order valence-corrected chi connectivity index (χ2v) is 3.52. The van der Waals surface area contributed by atoms with Crippen LogP contribution in [0.15, 0.2) is 0 Å². The van der Waals surface area contributed by atoms with Crippen molar-refractivity contribution in [3.05, 3.63) is 0 Å². The minimum Gasteiger partial charge on any atom is -0.303 e. The van der Waals surface area contributed by atoms with Crippen molar-refractivity contribution in [3.63, 3.8) is 0 Å². The highest BCUT2D eigenvalue weighted by atomic mass is 16.1. The highest BCUT2D eigenvalue weighted by molar-refractivity contribution is 5.87. The van der Waals surface area contributed by atoms with Crippen LogP contribution in [0.1, 0.15) is 26.7 Å². The van der Waals surface area contributed by atoms with Crippen LogP contribution in [0.5, 0.6) is 0 Å². The number of hydrogen-bond donors (Lipinski definition) is 0. The zero-order valence-corrected chi connectivity index (χ0v) is 6.39. The maximum atomic E-state index is 11.0. The molecule has 0 heterocycles. The Morgan fingerprint density at radius 2 is 2.30 bits per heavy atom. The Labute approximate surface area is 60.6 Å². The van der Waals surface area contributed by atoms with Crippen LogP contribution >= 0.6 is 0 Å². The van der Waals surface area contributed by atoms with Gasteiger partial charge in [0.25, 0.3) is 0 Å². The van der Waals surface area contributed by atoms with Crippen molar-refractivity contribution >= 4 is 12.1 Å². The quantitative estimate of drug-likeness (QED) is 0.513.